The van der Waals surface area contributed by atoms with Gasteiger partial charge >= 0.3 is 11.7 Å². The van der Waals surface area contributed by atoms with Gasteiger partial charge in [-0.1, -0.05) is 19.1 Å². The molecule has 35 heavy (non-hydrogen) atoms. The second-order valence-corrected chi connectivity index (χ2v) is 9.75. The molecule has 2 heterocycles. The van der Waals surface area contributed by atoms with Crippen molar-refractivity contribution in [3.63, 3.8) is 0 Å². The molecule has 1 unspecified atom stereocenters. The van der Waals surface area contributed by atoms with Crippen LogP contribution in [0.1, 0.15) is 45.1 Å². The lowest BCUT2D eigenvalue weighted by atomic mass is 9.89. The summed E-state index contributed by atoms with van der Waals surface area (Å²) in [5.74, 6) is 0.267. The van der Waals surface area contributed by atoms with Gasteiger partial charge < -0.3 is 16.0 Å². The number of piperazine rings is 1. The first kappa shape index (κ1) is 25.3. The highest BCUT2D eigenvalue weighted by atomic mass is 16.2. The van der Waals surface area contributed by atoms with E-state index in [0.29, 0.717) is 31.2 Å². The van der Waals surface area contributed by atoms with Gasteiger partial charge in [0, 0.05) is 50.5 Å². The molecule has 2 aromatic rings. The second kappa shape index (κ2) is 11.8. The first-order valence-electron chi connectivity index (χ1n) is 12.9. The van der Waals surface area contributed by atoms with Crippen LogP contribution in [0.5, 0.6) is 0 Å². The van der Waals surface area contributed by atoms with E-state index in [2.05, 4.69) is 46.5 Å². The van der Waals surface area contributed by atoms with Crippen LogP contribution < -0.4 is 22.1 Å². The van der Waals surface area contributed by atoms with Crippen LogP contribution in [0.3, 0.4) is 0 Å². The highest BCUT2D eigenvalue weighted by Gasteiger charge is 2.26. The van der Waals surface area contributed by atoms with E-state index in [-0.39, 0.29) is 11.8 Å². The Kier molecular flexibility index (Phi) is 8.54. The Morgan fingerprint density at radius 2 is 1.86 bits per heavy atom. The fourth-order valence-corrected chi connectivity index (χ4v) is 5.34. The van der Waals surface area contributed by atoms with Crippen molar-refractivity contribution >= 4 is 11.8 Å². The van der Waals surface area contributed by atoms with Crippen molar-refractivity contribution in [1.29, 1.82) is 0 Å². The Morgan fingerprint density at radius 3 is 2.49 bits per heavy atom. The quantitative estimate of drug-likeness (QED) is 0.560. The minimum Gasteiger partial charge on any atom is -0.328 e. The molecule has 1 aliphatic carbocycles. The van der Waals surface area contributed by atoms with Crippen molar-refractivity contribution < 1.29 is 4.79 Å². The predicted molar refractivity (Wildman–Crippen MR) is 139 cm³/mol. The first-order chi connectivity index (χ1) is 16.9. The molecule has 1 saturated heterocycles. The molecule has 9 heteroatoms. The number of carbonyl (C=O) groups excluding carboxylic acids is 1. The Labute approximate surface area is 207 Å². The summed E-state index contributed by atoms with van der Waals surface area (Å²) in [7, 11) is 0. The zero-order chi connectivity index (χ0) is 24.8. The lowest BCUT2D eigenvalue weighted by Crippen LogP contribution is -2.48. The van der Waals surface area contributed by atoms with Crippen molar-refractivity contribution in [3.8, 4) is 5.69 Å². The van der Waals surface area contributed by atoms with Gasteiger partial charge in [0.05, 0.1) is 5.69 Å². The Morgan fingerprint density at radius 1 is 1.17 bits per heavy atom. The maximum Gasteiger partial charge on any atom is 0.354 e. The predicted octanol–water partition coefficient (Wildman–Crippen LogP) is 2.19. The highest BCUT2D eigenvalue weighted by molar-refractivity contribution is 5.88. The molecule has 2 aliphatic rings. The molecule has 1 aromatic carbocycles. The molecular formula is C26H39N7O2. The molecule has 1 atom stereocenters. The molecule has 2 amide bonds. The number of carbonyl (C=O) groups is 1. The third-order valence-electron chi connectivity index (χ3n) is 7.33. The summed E-state index contributed by atoms with van der Waals surface area (Å²) in [5, 5.41) is 5.94. The summed E-state index contributed by atoms with van der Waals surface area (Å²) in [6.45, 7) is 8.39. The van der Waals surface area contributed by atoms with Crippen molar-refractivity contribution in [3.05, 3.63) is 52.6 Å². The molecular weight excluding hydrogens is 442 g/mol. The van der Waals surface area contributed by atoms with Crippen LogP contribution in [0.25, 0.3) is 5.69 Å². The Bertz CT molecular complexity index is 1020. The van der Waals surface area contributed by atoms with Gasteiger partial charge in [-0.05, 0) is 69.3 Å². The molecule has 2 fully saturated rings. The summed E-state index contributed by atoms with van der Waals surface area (Å²) in [4.78, 5) is 33.4. The monoisotopic (exact) mass is 481 g/mol. The fourth-order valence-electron chi connectivity index (χ4n) is 5.34. The Balaban J connectivity index is 1.37. The molecule has 4 N–H and O–H groups in total. The smallest absolute Gasteiger partial charge is 0.328 e. The second-order valence-electron chi connectivity index (χ2n) is 9.75. The molecule has 0 bridgehead atoms. The van der Waals surface area contributed by atoms with E-state index < -0.39 is 5.69 Å². The Hall–Kier alpha value is -2.75. The normalized spacial score (nSPS) is 21.7. The topological polar surface area (TPSA) is 109 Å². The zero-order valence-electron chi connectivity index (χ0n) is 20.9. The molecule has 1 aromatic heterocycles. The average Bonchev–Trinajstić information content (AvgIpc) is 2.87. The fraction of sp³-hybridized carbons (Fsp3) is 0.577. The molecule has 1 saturated carbocycles. The summed E-state index contributed by atoms with van der Waals surface area (Å²) < 4.78 is 1.50. The van der Waals surface area contributed by atoms with Gasteiger partial charge in [-0.25, -0.2) is 9.59 Å². The highest BCUT2D eigenvalue weighted by Crippen LogP contribution is 2.25. The number of likely N-dealkylation sites (N-methyl/N-ethyl adjacent to an activating group) is 1. The van der Waals surface area contributed by atoms with Crippen molar-refractivity contribution in [1.82, 2.24) is 24.7 Å². The maximum atomic E-state index is 12.6. The van der Waals surface area contributed by atoms with E-state index >= 15 is 0 Å². The SMILES string of the molecule is CCN(C(C)Cc1ccc(-n2ccc(NC(=O)N3CCNCC3)nc2=O)cc1)C1CCC(N)CC1. The number of hydrogen-bond donors (Lipinski definition) is 3. The standard InChI is InChI=1S/C26H39N7O2/c1-3-32(22-10-6-21(27)7-11-22)19(2)18-20-4-8-23(9-5-20)33-15-12-24(30-26(33)35)29-25(34)31-16-13-28-14-17-31/h4-5,8-9,12,15,19,21-22,28H,3,6-7,10-11,13-14,16-18,27H2,1-2H3,(H,29,30,34,35). The van der Waals surface area contributed by atoms with E-state index in [9.17, 15) is 9.59 Å². The number of anilines is 1. The lowest BCUT2D eigenvalue weighted by molar-refractivity contribution is 0.114. The van der Waals surface area contributed by atoms with E-state index in [4.69, 9.17) is 5.73 Å². The summed E-state index contributed by atoms with van der Waals surface area (Å²) in [6, 6.07) is 10.9. The average molecular weight is 482 g/mol. The number of rotatable bonds is 7. The molecule has 0 radical (unpaired) electrons. The van der Waals surface area contributed by atoms with Crippen LogP contribution >= 0.6 is 0 Å². The van der Waals surface area contributed by atoms with Crippen molar-refractivity contribution in [2.45, 2.75) is 64.1 Å². The maximum absolute atomic E-state index is 12.6. The first-order valence-corrected chi connectivity index (χ1v) is 12.9. The van der Waals surface area contributed by atoms with Gasteiger partial charge in [-0.3, -0.25) is 14.8 Å². The molecule has 4 rings (SSSR count). The molecule has 190 valence electrons. The molecule has 9 nitrogen and oxygen atoms in total. The number of urea groups is 1. The number of nitrogens with one attached hydrogen (secondary N) is 2. The number of nitrogens with zero attached hydrogens (tertiary/aromatic N) is 4. The summed E-state index contributed by atoms with van der Waals surface area (Å²) >= 11 is 0. The third-order valence-corrected chi connectivity index (χ3v) is 7.33. The van der Waals surface area contributed by atoms with Gasteiger partial charge in [0.2, 0.25) is 0 Å². The van der Waals surface area contributed by atoms with Crippen LogP contribution in [0.2, 0.25) is 0 Å². The minimum absolute atomic E-state index is 0.230. The largest absolute Gasteiger partial charge is 0.354 e. The van der Waals surface area contributed by atoms with Crippen LogP contribution in [0.15, 0.2) is 41.3 Å². The van der Waals surface area contributed by atoms with Crippen LogP contribution in [-0.2, 0) is 6.42 Å². The molecule has 0 spiro atoms. The van der Waals surface area contributed by atoms with Crippen LogP contribution in [0.4, 0.5) is 10.6 Å². The minimum atomic E-state index is -0.420. The summed E-state index contributed by atoms with van der Waals surface area (Å²) in [5.41, 5.74) is 7.68. The van der Waals surface area contributed by atoms with E-state index in [1.54, 1.807) is 17.2 Å². The van der Waals surface area contributed by atoms with Crippen molar-refractivity contribution in [2.24, 2.45) is 5.73 Å². The lowest BCUT2D eigenvalue weighted by Gasteiger charge is -2.39. The van der Waals surface area contributed by atoms with Crippen LogP contribution in [0, 0.1) is 0 Å². The molecule has 1 aliphatic heterocycles. The van der Waals surface area contributed by atoms with Gasteiger partial charge in [0.25, 0.3) is 0 Å². The van der Waals surface area contributed by atoms with Gasteiger partial charge in [-0.15, -0.1) is 0 Å². The van der Waals surface area contributed by atoms with Gasteiger partial charge in [0.1, 0.15) is 5.82 Å². The van der Waals surface area contributed by atoms with E-state index in [1.165, 1.54) is 23.0 Å². The van der Waals surface area contributed by atoms with Crippen molar-refractivity contribution in [2.75, 3.05) is 38.0 Å². The number of nitrogens with two attached hydrogens (primary N) is 1. The van der Waals surface area contributed by atoms with E-state index in [0.717, 1.165) is 44.6 Å². The van der Waals surface area contributed by atoms with Gasteiger partial charge in [-0.2, -0.15) is 4.98 Å². The van der Waals surface area contributed by atoms with Gasteiger partial charge in [0.15, 0.2) is 0 Å². The number of benzene rings is 1. The zero-order valence-corrected chi connectivity index (χ0v) is 20.9. The van der Waals surface area contributed by atoms with Crippen LogP contribution in [-0.4, -0.2) is 76.2 Å². The number of hydrogen-bond acceptors (Lipinski definition) is 6. The number of amides is 2. The summed E-state index contributed by atoms with van der Waals surface area (Å²) in [6.07, 6.45) is 7.21. The third kappa shape index (κ3) is 6.48. The number of aromatic nitrogens is 2. The van der Waals surface area contributed by atoms with E-state index in [1.807, 2.05) is 12.1 Å².